The standard InChI is InChI=1S/C18H20ClFN2O2S/c1-14-12-17(6-7-18(14)19)25(23,24)22-10-8-21(9-11-22)13-15-2-4-16(20)5-3-15/h2-7,12H,8-11,13H2,1H3. The van der Waals surface area contributed by atoms with E-state index in [2.05, 4.69) is 4.90 Å². The first-order valence-electron chi connectivity index (χ1n) is 8.09. The van der Waals surface area contributed by atoms with Crippen LogP contribution in [-0.2, 0) is 16.6 Å². The number of nitrogens with zero attached hydrogens (tertiary/aromatic N) is 2. The van der Waals surface area contributed by atoms with E-state index in [-0.39, 0.29) is 10.7 Å². The molecule has 1 heterocycles. The first kappa shape index (κ1) is 18.3. The number of rotatable bonds is 4. The lowest BCUT2D eigenvalue weighted by Crippen LogP contribution is -2.48. The maximum Gasteiger partial charge on any atom is 0.243 e. The normalized spacial score (nSPS) is 16.9. The Morgan fingerprint density at radius 1 is 1.04 bits per heavy atom. The van der Waals surface area contributed by atoms with E-state index in [1.807, 2.05) is 0 Å². The largest absolute Gasteiger partial charge is 0.296 e. The lowest BCUT2D eigenvalue weighted by Gasteiger charge is -2.34. The summed E-state index contributed by atoms with van der Waals surface area (Å²) >= 11 is 5.98. The number of halogens is 2. The fraction of sp³-hybridized carbons (Fsp3) is 0.333. The molecule has 0 atom stereocenters. The van der Waals surface area contributed by atoms with E-state index in [4.69, 9.17) is 11.6 Å². The second kappa shape index (κ2) is 7.41. The highest BCUT2D eigenvalue weighted by Gasteiger charge is 2.28. The molecule has 0 amide bonds. The number of piperazine rings is 1. The van der Waals surface area contributed by atoms with Crippen LogP contribution in [0.1, 0.15) is 11.1 Å². The third-order valence-electron chi connectivity index (χ3n) is 4.42. The smallest absolute Gasteiger partial charge is 0.243 e. The van der Waals surface area contributed by atoms with E-state index in [1.54, 1.807) is 37.3 Å². The Labute approximate surface area is 152 Å². The van der Waals surface area contributed by atoms with Gasteiger partial charge in [0.1, 0.15) is 5.82 Å². The second-order valence-electron chi connectivity index (χ2n) is 6.22. The molecular weight excluding hydrogens is 363 g/mol. The number of aryl methyl sites for hydroxylation is 1. The van der Waals surface area contributed by atoms with Gasteiger partial charge in [0.05, 0.1) is 4.90 Å². The monoisotopic (exact) mass is 382 g/mol. The summed E-state index contributed by atoms with van der Waals surface area (Å²) in [7, 11) is -3.50. The average molecular weight is 383 g/mol. The molecule has 0 unspecified atom stereocenters. The van der Waals surface area contributed by atoms with Crippen molar-refractivity contribution in [3.05, 3.63) is 64.4 Å². The van der Waals surface area contributed by atoms with Gasteiger partial charge in [-0.25, -0.2) is 12.8 Å². The van der Waals surface area contributed by atoms with E-state index in [9.17, 15) is 12.8 Å². The molecule has 1 aliphatic heterocycles. The van der Waals surface area contributed by atoms with Gasteiger partial charge in [-0.3, -0.25) is 4.90 Å². The topological polar surface area (TPSA) is 40.6 Å². The maximum atomic E-state index is 13.0. The van der Waals surface area contributed by atoms with E-state index in [0.29, 0.717) is 37.7 Å². The van der Waals surface area contributed by atoms with Crippen LogP contribution in [0.4, 0.5) is 4.39 Å². The number of benzene rings is 2. The Hall–Kier alpha value is -1.47. The summed E-state index contributed by atoms with van der Waals surface area (Å²) in [5.74, 6) is -0.252. The van der Waals surface area contributed by atoms with Crippen molar-refractivity contribution >= 4 is 21.6 Å². The molecule has 0 aliphatic carbocycles. The molecule has 7 heteroatoms. The predicted molar refractivity (Wildman–Crippen MR) is 96.6 cm³/mol. The molecular formula is C18H20ClFN2O2S. The zero-order valence-electron chi connectivity index (χ0n) is 14.0. The van der Waals surface area contributed by atoms with Crippen LogP contribution >= 0.6 is 11.6 Å². The highest BCUT2D eigenvalue weighted by Crippen LogP contribution is 2.23. The summed E-state index contributed by atoms with van der Waals surface area (Å²) < 4.78 is 40.0. The van der Waals surface area contributed by atoms with Gasteiger partial charge in [0.25, 0.3) is 0 Å². The zero-order chi connectivity index (χ0) is 18.0. The van der Waals surface area contributed by atoms with Crippen LogP contribution in [0.5, 0.6) is 0 Å². The van der Waals surface area contributed by atoms with Crippen molar-refractivity contribution in [2.75, 3.05) is 26.2 Å². The Bertz CT molecular complexity index is 848. The van der Waals surface area contributed by atoms with E-state index >= 15 is 0 Å². The van der Waals surface area contributed by atoms with Crippen molar-refractivity contribution in [3.8, 4) is 0 Å². The molecule has 0 spiro atoms. The minimum Gasteiger partial charge on any atom is -0.296 e. The summed E-state index contributed by atoms with van der Waals surface area (Å²) in [5, 5.41) is 0.558. The molecule has 0 radical (unpaired) electrons. The van der Waals surface area contributed by atoms with Gasteiger partial charge in [-0.1, -0.05) is 23.7 Å². The molecule has 25 heavy (non-hydrogen) atoms. The van der Waals surface area contributed by atoms with Gasteiger partial charge in [-0.15, -0.1) is 0 Å². The Balaban J connectivity index is 1.64. The van der Waals surface area contributed by atoms with Gasteiger partial charge in [0.15, 0.2) is 0 Å². The van der Waals surface area contributed by atoms with Crippen LogP contribution in [0.15, 0.2) is 47.4 Å². The highest BCUT2D eigenvalue weighted by atomic mass is 35.5. The van der Waals surface area contributed by atoms with Crippen LogP contribution in [0.3, 0.4) is 0 Å². The molecule has 0 aromatic heterocycles. The molecule has 0 bridgehead atoms. The van der Waals surface area contributed by atoms with Crippen LogP contribution in [-0.4, -0.2) is 43.8 Å². The Morgan fingerprint density at radius 2 is 1.68 bits per heavy atom. The van der Waals surface area contributed by atoms with Crippen molar-refractivity contribution < 1.29 is 12.8 Å². The van der Waals surface area contributed by atoms with Gasteiger partial charge < -0.3 is 0 Å². The van der Waals surface area contributed by atoms with E-state index in [1.165, 1.54) is 16.4 Å². The molecule has 134 valence electrons. The molecule has 2 aromatic carbocycles. The molecule has 3 rings (SSSR count). The lowest BCUT2D eigenvalue weighted by atomic mass is 10.2. The second-order valence-corrected chi connectivity index (χ2v) is 8.56. The number of hydrogen-bond acceptors (Lipinski definition) is 3. The molecule has 0 N–H and O–H groups in total. The average Bonchev–Trinajstić information content (AvgIpc) is 2.60. The number of hydrogen-bond donors (Lipinski definition) is 0. The molecule has 2 aromatic rings. The lowest BCUT2D eigenvalue weighted by molar-refractivity contribution is 0.181. The van der Waals surface area contributed by atoms with Gasteiger partial charge in [-0.2, -0.15) is 4.31 Å². The SMILES string of the molecule is Cc1cc(S(=O)(=O)N2CCN(Cc3ccc(F)cc3)CC2)ccc1Cl. The summed E-state index contributed by atoms with van der Waals surface area (Å²) in [6.07, 6.45) is 0. The zero-order valence-corrected chi connectivity index (χ0v) is 15.5. The fourth-order valence-electron chi connectivity index (χ4n) is 2.90. The summed E-state index contributed by atoms with van der Waals surface area (Å²) in [6, 6.07) is 11.2. The Morgan fingerprint density at radius 3 is 2.28 bits per heavy atom. The van der Waals surface area contributed by atoms with Crippen molar-refractivity contribution in [2.24, 2.45) is 0 Å². The third kappa shape index (κ3) is 4.20. The van der Waals surface area contributed by atoms with E-state index in [0.717, 1.165) is 11.1 Å². The van der Waals surface area contributed by atoms with Crippen molar-refractivity contribution in [3.63, 3.8) is 0 Å². The maximum absolute atomic E-state index is 13.0. The summed E-state index contributed by atoms with van der Waals surface area (Å²) in [5.41, 5.74) is 1.77. The van der Waals surface area contributed by atoms with Crippen molar-refractivity contribution in [1.82, 2.24) is 9.21 Å². The van der Waals surface area contributed by atoms with Gasteiger partial charge in [-0.05, 0) is 48.4 Å². The van der Waals surface area contributed by atoms with Crippen LogP contribution in [0.25, 0.3) is 0 Å². The summed E-state index contributed by atoms with van der Waals surface area (Å²) in [6.45, 7) is 4.64. The summed E-state index contributed by atoms with van der Waals surface area (Å²) in [4.78, 5) is 2.45. The minimum absolute atomic E-state index is 0.252. The van der Waals surface area contributed by atoms with Crippen LogP contribution in [0, 0.1) is 12.7 Å². The van der Waals surface area contributed by atoms with Crippen LogP contribution in [0.2, 0.25) is 5.02 Å². The molecule has 0 saturated carbocycles. The Kier molecular flexibility index (Phi) is 5.43. The fourth-order valence-corrected chi connectivity index (χ4v) is 4.53. The number of sulfonamides is 1. The van der Waals surface area contributed by atoms with E-state index < -0.39 is 10.0 Å². The molecule has 1 fully saturated rings. The minimum atomic E-state index is -3.50. The van der Waals surface area contributed by atoms with Crippen molar-refractivity contribution in [2.45, 2.75) is 18.4 Å². The predicted octanol–water partition coefficient (Wildman–Crippen LogP) is 3.29. The molecule has 1 saturated heterocycles. The highest BCUT2D eigenvalue weighted by molar-refractivity contribution is 7.89. The van der Waals surface area contributed by atoms with Gasteiger partial charge >= 0.3 is 0 Å². The molecule has 4 nitrogen and oxygen atoms in total. The van der Waals surface area contributed by atoms with Crippen molar-refractivity contribution in [1.29, 1.82) is 0 Å². The van der Waals surface area contributed by atoms with Gasteiger partial charge in [0.2, 0.25) is 10.0 Å². The first-order chi connectivity index (χ1) is 11.9. The first-order valence-corrected chi connectivity index (χ1v) is 9.91. The quantitative estimate of drug-likeness (QED) is 0.814. The van der Waals surface area contributed by atoms with Crippen LogP contribution < -0.4 is 0 Å². The third-order valence-corrected chi connectivity index (χ3v) is 6.74. The van der Waals surface area contributed by atoms with Gasteiger partial charge in [0, 0.05) is 37.7 Å². The molecule has 1 aliphatic rings.